The van der Waals surface area contributed by atoms with E-state index in [-0.39, 0.29) is 5.16 Å². The third kappa shape index (κ3) is 11.7. The Labute approximate surface area is 350 Å². The second-order valence-electron chi connectivity index (χ2n) is 15.0. The van der Waals surface area contributed by atoms with E-state index in [4.69, 9.17) is 9.47 Å². The predicted molar refractivity (Wildman–Crippen MR) is 249 cm³/mol. The molecule has 0 saturated carbocycles. The van der Waals surface area contributed by atoms with Gasteiger partial charge in [0.1, 0.15) is 11.5 Å². The highest BCUT2D eigenvalue weighted by Crippen LogP contribution is 2.35. The van der Waals surface area contributed by atoms with Crippen molar-refractivity contribution in [2.75, 3.05) is 13.2 Å². The molecule has 1 heterocycles. The molecule has 1 aromatic heterocycles. The summed E-state index contributed by atoms with van der Waals surface area (Å²) in [7, 11) is -0.904. The van der Waals surface area contributed by atoms with Crippen molar-refractivity contribution >= 4 is 37.8 Å². The Balaban J connectivity index is 0.000000247. The van der Waals surface area contributed by atoms with Gasteiger partial charge in [-0.05, 0) is 48.2 Å². The second-order valence-corrected chi connectivity index (χ2v) is 17.2. The fraction of sp³-hybridized carbons (Fsp3) is 0.250. The minimum atomic E-state index is -0.904. The van der Waals surface area contributed by atoms with E-state index in [0.29, 0.717) is 6.71 Å². The van der Waals surface area contributed by atoms with Gasteiger partial charge in [-0.25, -0.2) is 4.98 Å². The Hall–Kier alpha value is -5.59. The zero-order chi connectivity index (χ0) is 40.1. The number of aromatic nitrogens is 2. The SMILES string of the molecule is CCCCCCOc1ccc(C([SiH2]c2ccccc2)(c2ccc(OCCCCCC)cc2)n2ccnc2)cc1.c1ccc(B(c2ccccc2)c2ccccc2)cc1. The average Bonchev–Trinajstić information content (AvgIpc) is 3.84. The summed E-state index contributed by atoms with van der Waals surface area (Å²) in [5.74, 6) is 1.87. The summed E-state index contributed by atoms with van der Waals surface area (Å²) in [6.45, 7) is 6.32. The van der Waals surface area contributed by atoms with Gasteiger partial charge in [0.05, 0.1) is 34.2 Å². The molecule has 0 bridgehead atoms. The van der Waals surface area contributed by atoms with Crippen LogP contribution >= 0.6 is 0 Å². The van der Waals surface area contributed by atoms with E-state index < -0.39 is 9.52 Å². The molecule has 0 radical (unpaired) electrons. The summed E-state index contributed by atoms with van der Waals surface area (Å²) < 4.78 is 14.5. The zero-order valence-electron chi connectivity index (χ0n) is 34.5. The Morgan fingerprint density at radius 1 is 0.500 bits per heavy atom. The molecule has 0 N–H and O–H groups in total. The first-order valence-corrected chi connectivity index (χ1v) is 22.8. The molecule has 0 aliphatic rings. The highest BCUT2D eigenvalue weighted by molar-refractivity contribution is 6.95. The molecule has 58 heavy (non-hydrogen) atoms. The molecule has 0 amide bonds. The Morgan fingerprint density at radius 3 is 1.29 bits per heavy atom. The van der Waals surface area contributed by atoms with Gasteiger partial charge in [0.25, 0.3) is 0 Å². The lowest BCUT2D eigenvalue weighted by Crippen LogP contribution is -2.51. The smallest absolute Gasteiger partial charge is 0.241 e. The van der Waals surface area contributed by atoms with Crippen molar-refractivity contribution in [2.45, 2.75) is 70.4 Å². The van der Waals surface area contributed by atoms with E-state index in [0.717, 1.165) is 37.6 Å². The van der Waals surface area contributed by atoms with Crippen LogP contribution in [0.4, 0.5) is 0 Å². The molecule has 0 aliphatic carbocycles. The van der Waals surface area contributed by atoms with Crippen LogP contribution in [-0.2, 0) is 5.16 Å². The highest BCUT2D eigenvalue weighted by atomic mass is 28.2. The first-order chi connectivity index (χ1) is 28.7. The van der Waals surface area contributed by atoms with Crippen molar-refractivity contribution in [3.05, 3.63) is 200 Å². The molecule has 7 rings (SSSR count). The van der Waals surface area contributed by atoms with Gasteiger partial charge in [-0.2, -0.15) is 0 Å². The Bertz CT molecular complexity index is 1960. The van der Waals surface area contributed by atoms with Crippen molar-refractivity contribution < 1.29 is 9.47 Å². The van der Waals surface area contributed by atoms with Crippen LogP contribution in [-0.4, -0.2) is 39.0 Å². The summed E-state index contributed by atoms with van der Waals surface area (Å²) >= 11 is 0. The van der Waals surface area contributed by atoms with Crippen LogP contribution in [0.3, 0.4) is 0 Å². The van der Waals surface area contributed by atoms with E-state index in [1.807, 2.05) is 12.5 Å². The van der Waals surface area contributed by atoms with Gasteiger partial charge in [0, 0.05) is 12.4 Å². The summed E-state index contributed by atoms with van der Waals surface area (Å²) in [4.78, 5) is 4.48. The van der Waals surface area contributed by atoms with Crippen molar-refractivity contribution in [1.29, 1.82) is 0 Å². The molecule has 6 aromatic carbocycles. The van der Waals surface area contributed by atoms with Crippen molar-refractivity contribution in [1.82, 2.24) is 9.55 Å². The molecular weight excluding hydrogens is 723 g/mol. The molecule has 0 fully saturated rings. The fourth-order valence-electron chi connectivity index (χ4n) is 7.74. The Kier molecular flexibility index (Phi) is 16.6. The topological polar surface area (TPSA) is 36.3 Å². The monoisotopic (exact) mass is 782 g/mol. The van der Waals surface area contributed by atoms with E-state index in [9.17, 15) is 0 Å². The lowest BCUT2D eigenvalue weighted by Gasteiger charge is -2.37. The number of nitrogens with zero attached hydrogens (tertiary/aromatic N) is 2. The molecule has 6 heteroatoms. The molecule has 0 aliphatic heterocycles. The number of benzene rings is 6. The van der Waals surface area contributed by atoms with Crippen molar-refractivity contribution in [3.8, 4) is 11.5 Å². The van der Waals surface area contributed by atoms with Crippen LogP contribution in [0, 0.1) is 0 Å². The molecule has 296 valence electrons. The number of rotatable bonds is 20. The first-order valence-electron chi connectivity index (χ1n) is 21.3. The molecule has 0 spiro atoms. The van der Waals surface area contributed by atoms with Crippen molar-refractivity contribution in [2.24, 2.45) is 0 Å². The van der Waals surface area contributed by atoms with Gasteiger partial charge in [-0.15, -0.1) is 0 Å². The van der Waals surface area contributed by atoms with Gasteiger partial charge in [-0.1, -0.05) is 220 Å². The summed E-state index contributed by atoms with van der Waals surface area (Å²) in [5.41, 5.74) is 6.50. The third-order valence-electron chi connectivity index (χ3n) is 10.8. The van der Waals surface area contributed by atoms with Gasteiger partial charge in [0.2, 0.25) is 6.71 Å². The number of unbranched alkanes of at least 4 members (excludes halogenated alkanes) is 6. The van der Waals surface area contributed by atoms with Crippen LogP contribution < -0.4 is 31.0 Å². The minimum Gasteiger partial charge on any atom is -0.494 e. The van der Waals surface area contributed by atoms with Gasteiger partial charge >= 0.3 is 0 Å². The average molecular weight is 783 g/mol. The van der Waals surface area contributed by atoms with Crippen LogP contribution in [0.2, 0.25) is 0 Å². The predicted octanol–water partition coefficient (Wildman–Crippen LogP) is 9.25. The summed E-state index contributed by atoms with van der Waals surface area (Å²) in [6, 6.07) is 60.4. The molecular formula is C52H59BN2O2Si. The molecule has 0 atom stereocenters. The normalized spacial score (nSPS) is 11.2. The molecule has 4 nitrogen and oxygen atoms in total. The maximum Gasteiger partial charge on any atom is 0.241 e. The highest BCUT2D eigenvalue weighted by Gasteiger charge is 2.37. The van der Waals surface area contributed by atoms with Crippen LogP contribution in [0.1, 0.15) is 76.3 Å². The maximum absolute atomic E-state index is 6.09. The van der Waals surface area contributed by atoms with Crippen molar-refractivity contribution in [3.63, 3.8) is 0 Å². The summed E-state index contributed by atoms with van der Waals surface area (Å²) in [6.07, 6.45) is 15.6. The molecule has 0 saturated heterocycles. The van der Waals surface area contributed by atoms with Gasteiger partial charge in [-0.3, -0.25) is 0 Å². The standard InChI is InChI=1S/C34H44N2O2Si.C18H15B/c1-3-5-7-12-26-37-31-20-16-29(17-21-31)34(36-25-24-35-28-36,39-33-14-10-9-11-15-33)30-18-22-32(23-19-30)38-27-13-8-6-4-2;1-4-10-16(11-5-1)19(17-12-6-2-7-13-17)18-14-8-3-9-15-18/h9-11,14-25,28H,3-8,12-13,26-27,39H2,1-2H3;1-15H. The van der Waals surface area contributed by atoms with Gasteiger partial charge in [0.15, 0.2) is 0 Å². The number of ether oxygens (including phenoxy) is 2. The Morgan fingerprint density at radius 2 is 0.914 bits per heavy atom. The largest absolute Gasteiger partial charge is 0.494 e. The van der Waals surface area contributed by atoms with E-state index >= 15 is 0 Å². The second kappa shape index (κ2) is 23.0. The third-order valence-corrected chi connectivity index (χ3v) is 13.4. The minimum absolute atomic E-state index is 0.309. The number of hydrogen-bond donors (Lipinski definition) is 0. The van der Waals surface area contributed by atoms with E-state index in [1.54, 1.807) is 0 Å². The first kappa shape index (κ1) is 42.0. The quantitative estimate of drug-likeness (QED) is 0.0572. The zero-order valence-corrected chi connectivity index (χ0v) is 35.9. The fourth-order valence-corrected chi connectivity index (χ4v) is 10.1. The van der Waals surface area contributed by atoms with E-state index in [1.165, 1.54) is 71.2 Å². The maximum atomic E-state index is 6.09. The lowest BCUT2D eigenvalue weighted by atomic mass is 9.37. The van der Waals surface area contributed by atoms with Crippen LogP contribution in [0.15, 0.2) is 189 Å². The number of imidazole rings is 1. The molecule has 7 aromatic rings. The number of hydrogen-bond acceptors (Lipinski definition) is 3. The lowest BCUT2D eigenvalue weighted by molar-refractivity contribution is 0.305. The van der Waals surface area contributed by atoms with Gasteiger partial charge < -0.3 is 14.0 Å². The molecule has 0 unspecified atom stereocenters. The van der Waals surface area contributed by atoms with Crippen LogP contribution in [0.5, 0.6) is 11.5 Å². The van der Waals surface area contributed by atoms with E-state index in [2.05, 4.69) is 199 Å². The summed E-state index contributed by atoms with van der Waals surface area (Å²) in [5, 5.41) is 1.07. The van der Waals surface area contributed by atoms with Crippen LogP contribution in [0.25, 0.3) is 0 Å².